The van der Waals surface area contributed by atoms with Crippen LogP contribution in [-0.4, -0.2) is 42.4 Å². The smallest absolute Gasteiger partial charge is 0.243 e. The number of rotatable bonds is 6. The minimum Gasteiger partial charge on any atom is -0.377 e. The van der Waals surface area contributed by atoms with Gasteiger partial charge in [0.1, 0.15) is 11.6 Å². The molecule has 8 heteroatoms. The van der Waals surface area contributed by atoms with Crippen molar-refractivity contribution in [3.8, 4) is 0 Å². The van der Waals surface area contributed by atoms with E-state index in [4.69, 9.17) is 4.74 Å². The summed E-state index contributed by atoms with van der Waals surface area (Å²) in [5, 5.41) is 0. The molecule has 146 valence electrons. The van der Waals surface area contributed by atoms with Gasteiger partial charge in [0, 0.05) is 37.4 Å². The van der Waals surface area contributed by atoms with Crippen LogP contribution in [0, 0.1) is 12.7 Å². The van der Waals surface area contributed by atoms with Crippen molar-refractivity contribution in [1.82, 2.24) is 14.3 Å². The van der Waals surface area contributed by atoms with Gasteiger partial charge in [0.2, 0.25) is 10.0 Å². The van der Waals surface area contributed by atoms with Gasteiger partial charge in [-0.1, -0.05) is 6.07 Å². The van der Waals surface area contributed by atoms with Gasteiger partial charge >= 0.3 is 0 Å². The monoisotopic (exact) mass is 393 g/mol. The van der Waals surface area contributed by atoms with Crippen molar-refractivity contribution in [1.29, 1.82) is 0 Å². The Balaban J connectivity index is 1.87. The Labute approximate surface area is 159 Å². The molecule has 0 spiro atoms. The molecular weight excluding hydrogens is 369 g/mol. The van der Waals surface area contributed by atoms with E-state index in [1.807, 2.05) is 13.8 Å². The standard InChI is InChI=1S/C19H24FN3O3S/c1-3-26-13-16-11-21-14(2)22-19(16)15-6-5-9-23(12-15)27(24,25)18-8-4-7-17(20)10-18/h4,7-8,10-11,15H,3,5-6,9,12-13H2,1-2H3. The lowest BCUT2D eigenvalue weighted by atomic mass is 9.93. The highest BCUT2D eigenvalue weighted by Gasteiger charge is 2.32. The summed E-state index contributed by atoms with van der Waals surface area (Å²) in [7, 11) is -3.75. The summed E-state index contributed by atoms with van der Waals surface area (Å²) in [6.45, 7) is 5.45. The van der Waals surface area contributed by atoms with Gasteiger partial charge in [-0.2, -0.15) is 4.31 Å². The van der Waals surface area contributed by atoms with E-state index in [1.54, 1.807) is 6.20 Å². The van der Waals surface area contributed by atoms with Crippen LogP contribution >= 0.6 is 0 Å². The minimum atomic E-state index is -3.75. The highest BCUT2D eigenvalue weighted by Crippen LogP contribution is 2.31. The van der Waals surface area contributed by atoms with Crippen molar-refractivity contribution in [2.75, 3.05) is 19.7 Å². The van der Waals surface area contributed by atoms with Crippen molar-refractivity contribution in [2.45, 2.75) is 44.1 Å². The third-order valence-electron chi connectivity index (χ3n) is 4.68. The predicted molar refractivity (Wildman–Crippen MR) is 99.2 cm³/mol. The van der Waals surface area contributed by atoms with Crippen LogP contribution in [0.5, 0.6) is 0 Å². The Kier molecular flexibility index (Phi) is 6.18. The molecule has 3 rings (SSSR count). The minimum absolute atomic E-state index is 0.0171. The van der Waals surface area contributed by atoms with Gasteiger partial charge in [-0.25, -0.2) is 22.8 Å². The third kappa shape index (κ3) is 4.51. The summed E-state index contributed by atoms with van der Waals surface area (Å²) >= 11 is 0. The molecule has 1 aromatic carbocycles. The molecule has 1 fully saturated rings. The molecule has 1 atom stereocenters. The molecule has 1 aromatic heterocycles. The first-order valence-corrected chi connectivity index (χ1v) is 10.5. The van der Waals surface area contributed by atoms with Crippen molar-refractivity contribution >= 4 is 10.0 Å². The van der Waals surface area contributed by atoms with E-state index in [1.165, 1.54) is 22.5 Å². The van der Waals surface area contributed by atoms with E-state index >= 15 is 0 Å². The van der Waals surface area contributed by atoms with Gasteiger partial charge in [0.15, 0.2) is 0 Å². The molecule has 1 saturated heterocycles. The zero-order chi connectivity index (χ0) is 19.4. The van der Waals surface area contributed by atoms with Gasteiger partial charge in [0.25, 0.3) is 0 Å². The first-order chi connectivity index (χ1) is 12.9. The third-order valence-corrected chi connectivity index (χ3v) is 6.55. The molecule has 1 aliphatic rings. The molecule has 0 radical (unpaired) electrons. The van der Waals surface area contributed by atoms with Crippen LogP contribution in [0.3, 0.4) is 0 Å². The zero-order valence-corrected chi connectivity index (χ0v) is 16.4. The second kappa shape index (κ2) is 8.41. The number of hydrogen-bond donors (Lipinski definition) is 0. The molecule has 0 aliphatic carbocycles. The summed E-state index contributed by atoms with van der Waals surface area (Å²) in [4.78, 5) is 8.81. The van der Waals surface area contributed by atoms with Gasteiger partial charge in [-0.05, 0) is 44.9 Å². The Morgan fingerprint density at radius 1 is 1.37 bits per heavy atom. The van der Waals surface area contributed by atoms with Crippen LogP contribution in [0.15, 0.2) is 35.4 Å². The van der Waals surface area contributed by atoms with E-state index < -0.39 is 15.8 Å². The second-order valence-electron chi connectivity index (χ2n) is 6.62. The van der Waals surface area contributed by atoms with Crippen LogP contribution in [-0.2, 0) is 21.4 Å². The fourth-order valence-corrected chi connectivity index (χ4v) is 4.91. The Hall–Kier alpha value is -1.90. The van der Waals surface area contributed by atoms with Crippen molar-refractivity contribution in [3.05, 3.63) is 53.4 Å². The van der Waals surface area contributed by atoms with Gasteiger partial charge in [-0.3, -0.25) is 0 Å². The lowest BCUT2D eigenvalue weighted by Crippen LogP contribution is -2.39. The van der Waals surface area contributed by atoms with Crippen LogP contribution in [0.2, 0.25) is 0 Å². The highest BCUT2D eigenvalue weighted by atomic mass is 32.2. The van der Waals surface area contributed by atoms with E-state index in [0.717, 1.165) is 30.2 Å². The molecular formula is C19H24FN3O3S. The maximum Gasteiger partial charge on any atom is 0.243 e. The molecule has 2 heterocycles. The Morgan fingerprint density at radius 2 is 2.19 bits per heavy atom. The van der Waals surface area contributed by atoms with Gasteiger partial charge in [0.05, 0.1) is 17.2 Å². The molecule has 1 unspecified atom stereocenters. The van der Waals surface area contributed by atoms with Crippen LogP contribution < -0.4 is 0 Å². The summed E-state index contributed by atoms with van der Waals surface area (Å²) in [6, 6.07) is 5.14. The summed E-state index contributed by atoms with van der Waals surface area (Å²) in [5.74, 6) is 0.0460. The van der Waals surface area contributed by atoms with Crippen LogP contribution in [0.4, 0.5) is 4.39 Å². The maximum absolute atomic E-state index is 13.5. The average molecular weight is 393 g/mol. The van der Waals surface area contributed by atoms with Crippen molar-refractivity contribution in [3.63, 3.8) is 0 Å². The van der Waals surface area contributed by atoms with Crippen LogP contribution in [0.25, 0.3) is 0 Å². The number of halogens is 1. The molecule has 6 nitrogen and oxygen atoms in total. The van der Waals surface area contributed by atoms with E-state index in [2.05, 4.69) is 9.97 Å². The largest absolute Gasteiger partial charge is 0.377 e. The highest BCUT2D eigenvalue weighted by molar-refractivity contribution is 7.89. The SMILES string of the molecule is CCOCc1cnc(C)nc1C1CCCN(S(=O)(=O)c2cccc(F)c2)C1. The van der Waals surface area contributed by atoms with Gasteiger partial charge < -0.3 is 4.74 Å². The number of benzene rings is 1. The molecule has 0 bridgehead atoms. The van der Waals surface area contributed by atoms with Gasteiger partial charge in [-0.15, -0.1) is 0 Å². The summed E-state index contributed by atoms with van der Waals surface area (Å²) in [5.41, 5.74) is 1.73. The lowest BCUT2D eigenvalue weighted by Gasteiger charge is -2.32. The molecule has 0 amide bonds. The average Bonchev–Trinajstić information content (AvgIpc) is 2.67. The van der Waals surface area contributed by atoms with Crippen LogP contribution in [0.1, 0.15) is 42.8 Å². The fraction of sp³-hybridized carbons (Fsp3) is 0.474. The number of aromatic nitrogens is 2. The van der Waals surface area contributed by atoms with E-state index in [9.17, 15) is 12.8 Å². The Morgan fingerprint density at radius 3 is 2.93 bits per heavy atom. The quantitative estimate of drug-likeness (QED) is 0.754. The lowest BCUT2D eigenvalue weighted by molar-refractivity contribution is 0.132. The van der Waals surface area contributed by atoms with E-state index in [0.29, 0.717) is 32.1 Å². The molecule has 2 aromatic rings. The first kappa shape index (κ1) is 19.9. The number of nitrogens with zero attached hydrogens (tertiary/aromatic N) is 3. The van der Waals surface area contributed by atoms with E-state index in [-0.39, 0.29) is 10.8 Å². The summed E-state index contributed by atoms with van der Waals surface area (Å²) < 4.78 is 46.3. The number of sulfonamides is 1. The summed E-state index contributed by atoms with van der Waals surface area (Å²) in [6.07, 6.45) is 3.31. The van der Waals surface area contributed by atoms with Crippen molar-refractivity contribution < 1.29 is 17.5 Å². The number of aryl methyl sites for hydroxylation is 1. The second-order valence-corrected chi connectivity index (χ2v) is 8.56. The number of piperidine rings is 1. The number of hydrogen-bond acceptors (Lipinski definition) is 5. The predicted octanol–water partition coefficient (Wildman–Crippen LogP) is 3.03. The molecule has 0 saturated carbocycles. The Bertz CT molecular complexity index is 905. The first-order valence-electron chi connectivity index (χ1n) is 9.07. The zero-order valence-electron chi connectivity index (χ0n) is 15.6. The van der Waals surface area contributed by atoms with Crippen molar-refractivity contribution in [2.24, 2.45) is 0 Å². The number of ether oxygens (including phenoxy) is 1. The molecule has 27 heavy (non-hydrogen) atoms. The normalized spacial score (nSPS) is 18.6. The fourth-order valence-electron chi connectivity index (χ4n) is 3.35. The maximum atomic E-state index is 13.5. The molecule has 0 N–H and O–H groups in total. The molecule has 1 aliphatic heterocycles. The topological polar surface area (TPSA) is 72.4 Å².